The molecule has 1 aromatic heterocycles. The second kappa shape index (κ2) is 7.56. The number of nitrogens with one attached hydrogen (secondary N) is 1. The van der Waals surface area contributed by atoms with Crippen molar-refractivity contribution in [1.82, 2.24) is 9.97 Å². The van der Waals surface area contributed by atoms with Crippen LogP contribution in [0.2, 0.25) is 0 Å². The lowest BCUT2D eigenvalue weighted by molar-refractivity contribution is -0.142. The van der Waals surface area contributed by atoms with Crippen LogP contribution in [0.4, 0.5) is 5.95 Å². The average molecular weight is 295 g/mol. The van der Waals surface area contributed by atoms with Crippen LogP contribution in [0.3, 0.4) is 0 Å². The van der Waals surface area contributed by atoms with Crippen LogP contribution in [0, 0.1) is 12.8 Å². The Kier molecular flexibility index (Phi) is 6.08. The molecule has 0 bridgehead atoms. The maximum Gasteiger partial charge on any atom is 0.341 e. The van der Waals surface area contributed by atoms with E-state index in [0.29, 0.717) is 11.3 Å². The second-order valence-electron chi connectivity index (χ2n) is 4.80. The van der Waals surface area contributed by atoms with Crippen molar-refractivity contribution in [3.8, 4) is 0 Å². The van der Waals surface area contributed by atoms with Crippen LogP contribution >= 0.6 is 0 Å². The number of hydrogen-bond donors (Lipinski definition) is 1. The van der Waals surface area contributed by atoms with Gasteiger partial charge >= 0.3 is 11.9 Å². The van der Waals surface area contributed by atoms with Gasteiger partial charge in [0.1, 0.15) is 6.04 Å². The van der Waals surface area contributed by atoms with Gasteiger partial charge in [-0.3, -0.25) is 0 Å². The summed E-state index contributed by atoms with van der Waals surface area (Å²) in [6.07, 6.45) is 1.39. The lowest BCUT2D eigenvalue weighted by atomic mass is 10.1. The molecule has 1 rings (SSSR count). The predicted octanol–water partition coefficient (Wildman–Crippen LogP) is 1.57. The lowest BCUT2D eigenvalue weighted by Crippen LogP contribution is -2.36. The fraction of sp³-hybridized carbons (Fsp3) is 0.571. The zero-order valence-corrected chi connectivity index (χ0v) is 13.0. The molecular weight excluding hydrogens is 274 g/mol. The summed E-state index contributed by atoms with van der Waals surface area (Å²) in [7, 11) is 1.33. The summed E-state index contributed by atoms with van der Waals surface area (Å²) in [6.45, 7) is 7.47. The van der Waals surface area contributed by atoms with Gasteiger partial charge in [0, 0.05) is 6.20 Å². The van der Waals surface area contributed by atoms with Gasteiger partial charge in [0.25, 0.3) is 0 Å². The zero-order chi connectivity index (χ0) is 16.0. The van der Waals surface area contributed by atoms with E-state index < -0.39 is 12.0 Å². The summed E-state index contributed by atoms with van der Waals surface area (Å²) in [6, 6.07) is -0.553. The van der Waals surface area contributed by atoms with E-state index in [2.05, 4.69) is 15.3 Å². The minimum absolute atomic E-state index is 0.00564. The Balaban J connectivity index is 2.93. The molecule has 0 aliphatic carbocycles. The molecule has 21 heavy (non-hydrogen) atoms. The number of methoxy groups -OCH3 is 1. The van der Waals surface area contributed by atoms with Crippen LogP contribution in [-0.4, -0.2) is 41.7 Å². The Morgan fingerprint density at radius 1 is 1.38 bits per heavy atom. The first-order chi connectivity index (χ1) is 9.90. The van der Waals surface area contributed by atoms with Gasteiger partial charge in [-0.1, -0.05) is 13.8 Å². The van der Waals surface area contributed by atoms with E-state index in [-0.39, 0.29) is 24.4 Å². The van der Waals surface area contributed by atoms with Gasteiger partial charge in [-0.25, -0.2) is 19.6 Å². The van der Waals surface area contributed by atoms with Gasteiger partial charge in [-0.15, -0.1) is 0 Å². The Labute approximate surface area is 124 Å². The fourth-order valence-electron chi connectivity index (χ4n) is 1.71. The molecule has 0 saturated heterocycles. The van der Waals surface area contributed by atoms with E-state index in [9.17, 15) is 9.59 Å². The highest BCUT2D eigenvalue weighted by molar-refractivity contribution is 5.90. The molecule has 0 aliphatic heterocycles. The first kappa shape index (κ1) is 16.9. The highest BCUT2D eigenvalue weighted by Gasteiger charge is 2.24. The number of esters is 2. The minimum atomic E-state index is -0.553. The zero-order valence-electron chi connectivity index (χ0n) is 13.0. The Morgan fingerprint density at radius 2 is 2.05 bits per heavy atom. The molecular formula is C14H21N3O4. The molecule has 1 N–H and O–H groups in total. The summed E-state index contributed by atoms with van der Waals surface area (Å²) in [4.78, 5) is 31.6. The van der Waals surface area contributed by atoms with Crippen LogP contribution in [0.5, 0.6) is 0 Å². The number of hydrogen-bond acceptors (Lipinski definition) is 7. The molecule has 0 aliphatic rings. The third kappa shape index (κ3) is 4.40. The number of aromatic nitrogens is 2. The Bertz CT molecular complexity index is 517. The average Bonchev–Trinajstić information content (AvgIpc) is 2.43. The minimum Gasteiger partial charge on any atom is -0.467 e. The van der Waals surface area contributed by atoms with Crippen LogP contribution in [0.1, 0.15) is 36.8 Å². The molecule has 0 spiro atoms. The summed E-state index contributed by atoms with van der Waals surface area (Å²) in [5.41, 5.74) is 0.792. The molecule has 7 nitrogen and oxygen atoms in total. The number of nitrogens with zero attached hydrogens (tertiary/aromatic N) is 2. The summed E-state index contributed by atoms with van der Waals surface area (Å²) >= 11 is 0. The van der Waals surface area contributed by atoms with Crippen molar-refractivity contribution >= 4 is 17.9 Å². The summed E-state index contributed by atoms with van der Waals surface area (Å²) in [5, 5.41) is 2.92. The molecule has 0 radical (unpaired) electrons. The summed E-state index contributed by atoms with van der Waals surface area (Å²) < 4.78 is 9.65. The molecule has 1 unspecified atom stereocenters. The highest BCUT2D eigenvalue weighted by Crippen LogP contribution is 2.13. The van der Waals surface area contributed by atoms with Crippen molar-refractivity contribution in [2.45, 2.75) is 33.7 Å². The number of ether oxygens (including phenoxy) is 2. The van der Waals surface area contributed by atoms with Crippen molar-refractivity contribution in [2.75, 3.05) is 19.0 Å². The molecule has 7 heteroatoms. The van der Waals surface area contributed by atoms with Gasteiger partial charge in [-0.05, 0) is 19.8 Å². The number of carbonyl (C=O) groups excluding carboxylic acids is 2. The van der Waals surface area contributed by atoms with E-state index in [1.807, 2.05) is 13.8 Å². The molecule has 0 saturated carbocycles. The number of rotatable bonds is 6. The quantitative estimate of drug-likeness (QED) is 0.796. The van der Waals surface area contributed by atoms with Gasteiger partial charge in [-0.2, -0.15) is 0 Å². The lowest BCUT2D eigenvalue weighted by Gasteiger charge is -2.20. The van der Waals surface area contributed by atoms with Crippen molar-refractivity contribution in [3.63, 3.8) is 0 Å². The van der Waals surface area contributed by atoms with Crippen molar-refractivity contribution in [1.29, 1.82) is 0 Å². The third-order valence-corrected chi connectivity index (χ3v) is 2.88. The van der Waals surface area contributed by atoms with E-state index in [4.69, 9.17) is 9.47 Å². The van der Waals surface area contributed by atoms with Gasteiger partial charge < -0.3 is 14.8 Å². The molecule has 0 amide bonds. The fourth-order valence-corrected chi connectivity index (χ4v) is 1.71. The molecule has 1 aromatic rings. The molecule has 1 atom stereocenters. The van der Waals surface area contributed by atoms with Gasteiger partial charge in [0.05, 0.1) is 25.0 Å². The van der Waals surface area contributed by atoms with Crippen LogP contribution in [0.15, 0.2) is 6.20 Å². The van der Waals surface area contributed by atoms with Crippen LogP contribution in [-0.2, 0) is 14.3 Å². The van der Waals surface area contributed by atoms with Crippen molar-refractivity contribution in [2.24, 2.45) is 5.92 Å². The van der Waals surface area contributed by atoms with E-state index in [0.717, 1.165) is 0 Å². The van der Waals surface area contributed by atoms with Crippen LogP contribution in [0.25, 0.3) is 0 Å². The summed E-state index contributed by atoms with van der Waals surface area (Å²) in [5.74, 6) is -0.577. The first-order valence-electron chi connectivity index (χ1n) is 6.75. The van der Waals surface area contributed by atoms with Crippen LogP contribution < -0.4 is 5.32 Å². The Morgan fingerprint density at radius 3 is 2.52 bits per heavy atom. The third-order valence-electron chi connectivity index (χ3n) is 2.88. The van der Waals surface area contributed by atoms with Crippen molar-refractivity contribution in [3.05, 3.63) is 17.5 Å². The predicted molar refractivity (Wildman–Crippen MR) is 77.0 cm³/mol. The normalized spacial score (nSPS) is 11.9. The molecule has 0 fully saturated rings. The largest absolute Gasteiger partial charge is 0.467 e. The SMILES string of the molecule is CCOC(=O)c1cnc(NC(C(=O)OC)C(C)C)nc1C. The van der Waals surface area contributed by atoms with Gasteiger partial charge in [0.2, 0.25) is 5.95 Å². The smallest absolute Gasteiger partial charge is 0.341 e. The van der Waals surface area contributed by atoms with Crippen molar-refractivity contribution < 1.29 is 19.1 Å². The highest BCUT2D eigenvalue weighted by atomic mass is 16.5. The van der Waals surface area contributed by atoms with E-state index in [1.165, 1.54) is 13.3 Å². The maximum atomic E-state index is 11.7. The van der Waals surface area contributed by atoms with E-state index in [1.54, 1.807) is 13.8 Å². The Hall–Kier alpha value is -2.18. The maximum absolute atomic E-state index is 11.7. The molecule has 0 aromatic carbocycles. The number of aryl methyl sites for hydroxylation is 1. The number of anilines is 1. The van der Waals surface area contributed by atoms with Gasteiger partial charge in [0.15, 0.2) is 0 Å². The number of carbonyl (C=O) groups is 2. The topological polar surface area (TPSA) is 90.4 Å². The molecule has 116 valence electrons. The molecule has 1 heterocycles. The van der Waals surface area contributed by atoms with E-state index >= 15 is 0 Å². The monoisotopic (exact) mass is 295 g/mol. The second-order valence-corrected chi connectivity index (χ2v) is 4.80. The standard InChI is InChI=1S/C14H21N3O4/c1-6-21-12(18)10-7-15-14(16-9(10)4)17-11(8(2)3)13(19)20-5/h7-8,11H,6H2,1-5H3,(H,15,16,17). The first-order valence-corrected chi connectivity index (χ1v) is 6.75.